The van der Waals surface area contributed by atoms with Crippen LogP contribution in [-0.2, 0) is 0 Å². The molecule has 4 N–H and O–H groups in total. The van der Waals surface area contributed by atoms with Gasteiger partial charge in [0.25, 0.3) is 5.91 Å². The largest absolute Gasteiger partial charge is 0.397 e. The number of rotatable bonds is 1. The number of halogens is 1. The molecule has 0 saturated carbocycles. The van der Waals surface area contributed by atoms with Crippen molar-refractivity contribution < 1.29 is 9.18 Å². The molecule has 0 saturated heterocycles. The zero-order valence-corrected chi connectivity index (χ0v) is 9.01. The van der Waals surface area contributed by atoms with Gasteiger partial charge in [0, 0.05) is 12.6 Å². The molecule has 0 bridgehead atoms. The normalized spacial score (nSPS) is 19.4. The Morgan fingerprint density at radius 1 is 1.56 bits per heavy atom. The molecule has 1 heterocycles. The third-order valence-electron chi connectivity index (χ3n) is 2.73. The van der Waals surface area contributed by atoms with Crippen LogP contribution in [0.4, 0.5) is 15.8 Å². The van der Waals surface area contributed by atoms with Crippen molar-refractivity contribution in [2.45, 2.75) is 19.4 Å². The smallest absolute Gasteiger partial charge is 0.253 e. The van der Waals surface area contributed by atoms with Crippen molar-refractivity contribution >= 4 is 17.3 Å². The van der Waals surface area contributed by atoms with Crippen LogP contribution in [0, 0.1) is 5.82 Å². The second kappa shape index (κ2) is 4.00. The van der Waals surface area contributed by atoms with Crippen molar-refractivity contribution in [3.8, 4) is 0 Å². The van der Waals surface area contributed by atoms with Gasteiger partial charge in [-0.3, -0.25) is 4.79 Å². The van der Waals surface area contributed by atoms with Crippen LogP contribution in [0.15, 0.2) is 12.1 Å². The van der Waals surface area contributed by atoms with E-state index in [-0.39, 0.29) is 23.2 Å². The van der Waals surface area contributed by atoms with Gasteiger partial charge in [-0.1, -0.05) is 6.92 Å². The first-order chi connectivity index (χ1) is 7.61. The summed E-state index contributed by atoms with van der Waals surface area (Å²) in [6.07, 6.45) is 0.858. The zero-order valence-electron chi connectivity index (χ0n) is 9.01. The van der Waals surface area contributed by atoms with Crippen molar-refractivity contribution in [2.24, 2.45) is 0 Å². The molecule has 1 amide bonds. The first-order valence-corrected chi connectivity index (χ1v) is 5.25. The van der Waals surface area contributed by atoms with E-state index in [1.807, 2.05) is 6.92 Å². The maximum absolute atomic E-state index is 13.2. The van der Waals surface area contributed by atoms with Gasteiger partial charge >= 0.3 is 0 Å². The van der Waals surface area contributed by atoms with Crippen LogP contribution in [0.25, 0.3) is 0 Å². The topological polar surface area (TPSA) is 67.2 Å². The van der Waals surface area contributed by atoms with Gasteiger partial charge in [0.15, 0.2) is 0 Å². The third kappa shape index (κ3) is 1.80. The number of carbonyl (C=O) groups excluding carboxylic acids is 1. The molecule has 0 aliphatic carbocycles. The Hall–Kier alpha value is -1.78. The fourth-order valence-corrected chi connectivity index (χ4v) is 1.78. The van der Waals surface area contributed by atoms with Crippen molar-refractivity contribution in [3.63, 3.8) is 0 Å². The number of hydrogen-bond donors (Lipinski definition) is 3. The summed E-state index contributed by atoms with van der Waals surface area (Å²) in [5.74, 6) is -0.784. The molecule has 0 fully saturated rings. The molecule has 0 spiro atoms. The Bertz CT molecular complexity index is 433. The molecule has 0 radical (unpaired) electrons. The van der Waals surface area contributed by atoms with Gasteiger partial charge in [-0.15, -0.1) is 0 Å². The monoisotopic (exact) mass is 223 g/mol. The van der Waals surface area contributed by atoms with Crippen molar-refractivity contribution in [1.29, 1.82) is 0 Å². The average Bonchev–Trinajstić information content (AvgIpc) is 2.40. The highest BCUT2D eigenvalue weighted by Crippen LogP contribution is 2.27. The number of amides is 1. The van der Waals surface area contributed by atoms with Crippen LogP contribution in [0.2, 0.25) is 0 Å². The minimum Gasteiger partial charge on any atom is -0.397 e. The maximum atomic E-state index is 13.2. The van der Waals surface area contributed by atoms with E-state index in [4.69, 9.17) is 5.73 Å². The van der Waals surface area contributed by atoms with Gasteiger partial charge in [-0.05, 0) is 18.6 Å². The first kappa shape index (κ1) is 10.7. The molecule has 1 aromatic carbocycles. The lowest BCUT2D eigenvalue weighted by molar-refractivity contribution is 0.0955. The molecule has 2 rings (SSSR count). The highest BCUT2D eigenvalue weighted by molar-refractivity contribution is 6.03. The van der Waals surface area contributed by atoms with Gasteiger partial charge in [0.1, 0.15) is 5.82 Å². The average molecular weight is 223 g/mol. The lowest BCUT2D eigenvalue weighted by Gasteiger charge is -2.16. The minimum atomic E-state index is -0.497. The Balaban J connectivity index is 2.50. The van der Waals surface area contributed by atoms with E-state index < -0.39 is 5.82 Å². The molecular weight excluding hydrogens is 209 g/mol. The Morgan fingerprint density at radius 2 is 2.31 bits per heavy atom. The summed E-state index contributed by atoms with van der Waals surface area (Å²) < 4.78 is 13.2. The van der Waals surface area contributed by atoms with Crippen LogP contribution in [-0.4, -0.2) is 18.5 Å². The maximum Gasteiger partial charge on any atom is 0.253 e. The Kier molecular flexibility index (Phi) is 2.68. The molecule has 1 unspecified atom stereocenters. The van der Waals surface area contributed by atoms with Gasteiger partial charge in [-0.2, -0.15) is 0 Å². The predicted molar refractivity (Wildman–Crippen MR) is 60.8 cm³/mol. The first-order valence-electron chi connectivity index (χ1n) is 5.25. The number of nitrogens with one attached hydrogen (secondary N) is 2. The van der Waals surface area contributed by atoms with Crippen molar-refractivity contribution in [1.82, 2.24) is 5.32 Å². The Labute approximate surface area is 93.0 Å². The molecule has 1 aliphatic heterocycles. The SMILES string of the molecule is CCC1CNC(=O)c2cc(F)cc(N)c2N1. The van der Waals surface area contributed by atoms with E-state index >= 15 is 0 Å². The van der Waals surface area contributed by atoms with Crippen LogP contribution in [0.1, 0.15) is 23.7 Å². The van der Waals surface area contributed by atoms with E-state index in [1.165, 1.54) is 12.1 Å². The van der Waals surface area contributed by atoms with Gasteiger partial charge < -0.3 is 16.4 Å². The summed E-state index contributed by atoms with van der Waals surface area (Å²) in [4.78, 5) is 11.7. The quantitative estimate of drug-likeness (QED) is 0.629. The summed E-state index contributed by atoms with van der Waals surface area (Å²) in [5.41, 5.74) is 6.78. The second-order valence-corrected chi connectivity index (χ2v) is 3.88. The zero-order chi connectivity index (χ0) is 11.7. The minimum absolute atomic E-state index is 0.123. The molecule has 16 heavy (non-hydrogen) atoms. The van der Waals surface area contributed by atoms with E-state index in [0.717, 1.165) is 6.42 Å². The third-order valence-corrected chi connectivity index (χ3v) is 2.73. The molecule has 5 heteroatoms. The second-order valence-electron chi connectivity index (χ2n) is 3.88. The highest BCUT2D eigenvalue weighted by atomic mass is 19.1. The predicted octanol–water partition coefficient (Wildman–Crippen LogP) is 1.34. The number of fused-ring (bicyclic) bond motifs is 1. The van der Waals surface area contributed by atoms with Crippen LogP contribution >= 0.6 is 0 Å². The number of carbonyl (C=O) groups is 1. The molecule has 1 aliphatic rings. The fraction of sp³-hybridized carbons (Fsp3) is 0.364. The van der Waals surface area contributed by atoms with Crippen LogP contribution in [0.5, 0.6) is 0 Å². The highest BCUT2D eigenvalue weighted by Gasteiger charge is 2.22. The molecule has 4 nitrogen and oxygen atoms in total. The van der Waals surface area contributed by atoms with E-state index in [1.54, 1.807) is 0 Å². The van der Waals surface area contributed by atoms with Gasteiger partial charge in [-0.25, -0.2) is 4.39 Å². The summed E-state index contributed by atoms with van der Waals surface area (Å²) in [7, 11) is 0. The van der Waals surface area contributed by atoms with Crippen LogP contribution < -0.4 is 16.4 Å². The lowest BCUT2D eigenvalue weighted by Crippen LogP contribution is -2.32. The summed E-state index contributed by atoms with van der Waals surface area (Å²) in [6.45, 7) is 2.53. The Morgan fingerprint density at radius 3 is 3.00 bits per heavy atom. The number of anilines is 2. The summed E-state index contributed by atoms with van der Waals surface area (Å²) in [5, 5.41) is 5.89. The van der Waals surface area contributed by atoms with E-state index in [0.29, 0.717) is 12.2 Å². The van der Waals surface area contributed by atoms with Crippen molar-refractivity contribution in [2.75, 3.05) is 17.6 Å². The fourth-order valence-electron chi connectivity index (χ4n) is 1.78. The van der Waals surface area contributed by atoms with Gasteiger partial charge in [0.05, 0.1) is 16.9 Å². The summed E-state index contributed by atoms with van der Waals surface area (Å²) >= 11 is 0. The van der Waals surface area contributed by atoms with Crippen molar-refractivity contribution in [3.05, 3.63) is 23.5 Å². The molecule has 86 valence electrons. The molecule has 1 aromatic rings. The summed E-state index contributed by atoms with van der Waals surface area (Å²) in [6, 6.07) is 2.54. The number of nitrogen functional groups attached to an aromatic ring is 1. The molecule has 1 atom stereocenters. The lowest BCUT2D eigenvalue weighted by atomic mass is 10.1. The van der Waals surface area contributed by atoms with E-state index in [9.17, 15) is 9.18 Å². The number of benzene rings is 1. The van der Waals surface area contributed by atoms with E-state index in [2.05, 4.69) is 10.6 Å². The van der Waals surface area contributed by atoms with Gasteiger partial charge in [0.2, 0.25) is 0 Å². The molecule has 0 aromatic heterocycles. The number of hydrogen-bond acceptors (Lipinski definition) is 3. The van der Waals surface area contributed by atoms with Crippen LogP contribution in [0.3, 0.4) is 0 Å². The molecular formula is C11H14FN3O. The standard InChI is InChI=1S/C11H14FN3O/c1-2-7-5-14-11(16)8-3-6(12)4-9(13)10(8)15-7/h3-4,7,15H,2,5,13H2,1H3,(H,14,16). The number of nitrogens with two attached hydrogens (primary N) is 1.